The normalized spacial score (nSPS) is 13.1. The summed E-state index contributed by atoms with van der Waals surface area (Å²) in [6.45, 7) is 5.24. The van der Waals surface area contributed by atoms with E-state index in [1.54, 1.807) is 25.1 Å². The Bertz CT molecular complexity index is 547. The zero-order chi connectivity index (χ0) is 16.8. The standard InChI is InChI=1S/C16H22ClNO4/c1-5-8-16(3,15(20)21-4)18-14(19)10-22-13-7-6-12(17)9-11(13)2/h6-7,9H,5,8,10H2,1-4H3,(H,18,19). The first-order chi connectivity index (χ1) is 10.3. The van der Waals surface area contributed by atoms with E-state index in [1.807, 2.05) is 13.8 Å². The van der Waals surface area contributed by atoms with Gasteiger partial charge in [0.2, 0.25) is 0 Å². The van der Waals surface area contributed by atoms with E-state index in [4.69, 9.17) is 21.1 Å². The van der Waals surface area contributed by atoms with Gasteiger partial charge in [-0.25, -0.2) is 4.79 Å². The van der Waals surface area contributed by atoms with Crippen molar-refractivity contribution in [2.75, 3.05) is 13.7 Å². The Balaban J connectivity index is 2.66. The number of halogens is 1. The molecule has 5 nitrogen and oxygen atoms in total. The molecule has 0 radical (unpaired) electrons. The molecule has 0 saturated heterocycles. The highest BCUT2D eigenvalue weighted by Gasteiger charge is 2.35. The van der Waals surface area contributed by atoms with E-state index in [2.05, 4.69) is 5.32 Å². The molecule has 22 heavy (non-hydrogen) atoms. The predicted octanol–water partition coefficient (Wildman–Crippen LogP) is 2.88. The Morgan fingerprint density at radius 2 is 2.05 bits per heavy atom. The average molecular weight is 328 g/mol. The van der Waals surface area contributed by atoms with E-state index < -0.39 is 11.5 Å². The molecule has 0 heterocycles. The Kier molecular flexibility index (Phi) is 6.68. The van der Waals surface area contributed by atoms with Crippen molar-refractivity contribution < 1.29 is 19.1 Å². The highest BCUT2D eigenvalue weighted by molar-refractivity contribution is 6.30. The van der Waals surface area contributed by atoms with Crippen molar-refractivity contribution >= 4 is 23.5 Å². The van der Waals surface area contributed by atoms with Crippen molar-refractivity contribution in [1.82, 2.24) is 5.32 Å². The molecule has 0 spiro atoms. The van der Waals surface area contributed by atoms with Crippen LogP contribution in [0.5, 0.6) is 5.75 Å². The van der Waals surface area contributed by atoms with E-state index in [1.165, 1.54) is 7.11 Å². The van der Waals surface area contributed by atoms with Crippen LogP contribution in [0.3, 0.4) is 0 Å². The molecule has 122 valence electrons. The van der Waals surface area contributed by atoms with Gasteiger partial charge >= 0.3 is 5.97 Å². The van der Waals surface area contributed by atoms with Gasteiger partial charge in [-0.2, -0.15) is 0 Å². The van der Waals surface area contributed by atoms with Crippen molar-refractivity contribution in [2.24, 2.45) is 0 Å². The third-order valence-electron chi connectivity index (χ3n) is 3.30. The van der Waals surface area contributed by atoms with Gasteiger partial charge in [0, 0.05) is 5.02 Å². The van der Waals surface area contributed by atoms with Gasteiger partial charge in [-0.1, -0.05) is 24.9 Å². The summed E-state index contributed by atoms with van der Waals surface area (Å²) in [5.74, 6) is -0.268. The fourth-order valence-electron chi connectivity index (χ4n) is 2.20. The molecule has 0 aliphatic heterocycles. The molecule has 0 aliphatic carbocycles. The van der Waals surface area contributed by atoms with Crippen LogP contribution in [-0.4, -0.2) is 31.1 Å². The largest absolute Gasteiger partial charge is 0.484 e. The lowest BCUT2D eigenvalue weighted by molar-refractivity contribution is -0.150. The maximum Gasteiger partial charge on any atom is 0.331 e. The van der Waals surface area contributed by atoms with Crippen LogP contribution in [0, 0.1) is 6.92 Å². The van der Waals surface area contributed by atoms with Gasteiger partial charge in [-0.3, -0.25) is 4.79 Å². The van der Waals surface area contributed by atoms with Gasteiger partial charge in [0.05, 0.1) is 7.11 Å². The molecule has 1 unspecified atom stereocenters. The van der Waals surface area contributed by atoms with Gasteiger partial charge in [0.15, 0.2) is 6.61 Å². The summed E-state index contributed by atoms with van der Waals surface area (Å²) in [5, 5.41) is 3.29. The van der Waals surface area contributed by atoms with Gasteiger partial charge in [0.1, 0.15) is 11.3 Å². The summed E-state index contributed by atoms with van der Waals surface area (Å²) in [6, 6.07) is 5.15. The summed E-state index contributed by atoms with van der Waals surface area (Å²) in [7, 11) is 1.30. The molecular formula is C16H22ClNO4. The monoisotopic (exact) mass is 327 g/mol. The molecule has 1 atom stereocenters. The number of amides is 1. The lowest BCUT2D eigenvalue weighted by Gasteiger charge is -2.27. The molecule has 1 rings (SSSR count). The van der Waals surface area contributed by atoms with Crippen LogP contribution < -0.4 is 10.1 Å². The number of methoxy groups -OCH3 is 1. The summed E-state index contributed by atoms with van der Waals surface area (Å²) in [5.41, 5.74) is -0.205. The van der Waals surface area contributed by atoms with Crippen molar-refractivity contribution in [3.05, 3.63) is 28.8 Å². The Morgan fingerprint density at radius 1 is 1.36 bits per heavy atom. The summed E-state index contributed by atoms with van der Waals surface area (Å²) >= 11 is 5.87. The van der Waals surface area contributed by atoms with Gasteiger partial charge in [-0.15, -0.1) is 0 Å². The number of hydrogen-bond acceptors (Lipinski definition) is 4. The van der Waals surface area contributed by atoms with Crippen molar-refractivity contribution in [3.8, 4) is 5.75 Å². The summed E-state index contributed by atoms with van der Waals surface area (Å²) in [4.78, 5) is 23.9. The molecule has 0 fully saturated rings. The second kappa shape index (κ2) is 8.03. The van der Waals surface area contributed by atoms with Gasteiger partial charge < -0.3 is 14.8 Å². The number of carbonyl (C=O) groups is 2. The van der Waals surface area contributed by atoms with Crippen LogP contribution in [-0.2, 0) is 14.3 Å². The quantitative estimate of drug-likeness (QED) is 0.782. The van der Waals surface area contributed by atoms with Crippen LogP contribution >= 0.6 is 11.6 Å². The average Bonchev–Trinajstić information content (AvgIpc) is 2.45. The first kappa shape index (κ1) is 18.3. The second-order valence-electron chi connectivity index (χ2n) is 5.32. The lowest BCUT2D eigenvalue weighted by Crippen LogP contribution is -2.53. The SMILES string of the molecule is CCCC(C)(NC(=O)COc1ccc(Cl)cc1C)C(=O)OC. The fourth-order valence-corrected chi connectivity index (χ4v) is 2.43. The minimum absolute atomic E-state index is 0.182. The number of carbonyl (C=O) groups excluding carboxylic acids is 2. The molecule has 0 saturated carbocycles. The highest BCUT2D eigenvalue weighted by Crippen LogP contribution is 2.21. The maximum absolute atomic E-state index is 12.0. The molecule has 0 aliphatic rings. The maximum atomic E-state index is 12.0. The molecule has 6 heteroatoms. The number of esters is 1. The number of nitrogens with one attached hydrogen (secondary N) is 1. The fraction of sp³-hybridized carbons (Fsp3) is 0.500. The minimum Gasteiger partial charge on any atom is -0.484 e. The molecule has 1 N–H and O–H groups in total. The number of benzene rings is 1. The third-order valence-corrected chi connectivity index (χ3v) is 3.53. The van der Waals surface area contributed by atoms with E-state index in [0.717, 1.165) is 12.0 Å². The lowest BCUT2D eigenvalue weighted by atomic mass is 9.96. The number of hydrogen-bond donors (Lipinski definition) is 1. The van der Waals surface area contributed by atoms with E-state index in [9.17, 15) is 9.59 Å². The van der Waals surface area contributed by atoms with E-state index >= 15 is 0 Å². The van der Waals surface area contributed by atoms with Crippen LogP contribution in [0.15, 0.2) is 18.2 Å². The zero-order valence-corrected chi connectivity index (χ0v) is 14.1. The molecule has 0 bridgehead atoms. The molecule has 0 aromatic heterocycles. The highest BCUT2D eigenvalue weighted by atomic mass is 35.5. The molecule has 1 aromatic carbocycles. The van der Waals surface area contributed by atoms with Crippen LogP contribution in [0.4, 0.5) is 0 Å². The number of rotatable bonds is 7. The molecular weight excluding hydrogens is 306 g/mol. The first-order valence-corrected chi connectivity index (χ1v) is 7.48. The van der Waals surface area contributed by atoms with Crippen molar-refractivity contribution in [2.45, 2.75) is 39.2 Å². The smallest absolute Gasteiger partial charge is 0.331 e. The van der Waals surface area contributed by atoms with E-state index in [0.29, 0.717) is 17.2 Å². The number of ether oxygens (including phenoxy) is 2. The summed E-state index contributed by atoms with van der Waals surface area (Å²) < 4.78 is 10.2. The van der Waals surface area contributed by atoms with Gasteiger partial charge in [-0.05, 0) is 44.0 Å². The van der Waals surface area contributed by atoms with Gasteiger partial charge in [0.25, 0.3) is 5.91 Å². The van der Waals surface area contributed by atoms with Crippen LogP contribution in [0.1, 0.15) is 32.3 Å². The Hall–Kier alpha value is -1.75. The summed E-state index contributed by atoms with van der Waals surface area (Å²) in [6.07, 6.45) is 1.23. The molecule has 1 amide bonds. The van der Waals surface area contributed by atoms with Crippen molar-refractivity contribution in [3.63, 3.8) is 0 Å². The van der Waals surface area contributed by atoms with Crippen LogP contribution in [0.25, 0.3) is 0 Å². The van der Waals surface area contributed by atoms with Crippen LogP contribution in [0.2, 0.25) is 5.02 Å². The third kappa shape index (κ3) is 4.91. The Labute approximate surface area is 135 Å². The zero-order valence-electron chi connectivity index (χ0n) is 13.4. The second-order valence-corrected chi connectivity index (χ2v) is 5.76. The number of aryl methyl sites for hydroxylation is 1. The predicted molar refractivity (Wildman–Crippen MR) is 85.2 cm³/mol. The molecule has 1 aromatic rings. The first-order valence-electron chi connectivity index (χ1n) is 7.10. The van der Waals surface area contributed by atoms with Crippen molar-refractivity contribution in [1.29, 1.82) is 0 Å². The minimum atomic E-state index is -1.04. The Morgan fingerprint density at radius 3 is 2.59 bits per heavy atom. The topological polar surface area (TPSA) is 64.6 Å². The van der Waals surface area contributed by atoms with E-state index in [-0.39, 0.29) is 12.5 Å².